The van der Waals surface area contributed by atoms with Crippen LogP contribution >= 0.6 is 11.6 Å². The highest BCUT2D eigenvalue weighted by atomic mass is 35.5. The van der Waals surface area contributed by atoms with Crippen LogP contribution in [0.1, 0.15) is 44.3 Å². The van der Waals surface area contributed by atoms with E-state index < -0.39 is 0 Å². The molecule has 2 aromatic rings. The van der Waals surface area contributed by atoms with Gasteiger partial charge in [-0.15, -0.1) is 11.6 Å². The Kier molecular flexibility index (Phi) is 2.97. The van der Waals surface area contributed by atoms with E-state index in [1.54, 1.807) is 7.11 Å². The molecule has 1 aromatic heterocycles. The van der Waals surface area contributed by atoms with Crippen LogP contribution in [0.3, 0.4) is 0 Å². The van der Waals surface area contributed by atoms with Crippen molar-refractivity contribution in [1.82, 2.24) is 9.55 Å². The van der Waals surface area contributed by atoms with E-state index in [0.717, 1.165) is 22.6 Å². The van der Waals surface area contributed by atoms with E-state index in [9.17, 15) is 0 Å². The Bertz CT molecular complexity index is 614. The minimum atomic E-state index is -0.0872. The lowest BCUT2D eigenvalue weighted by atomic mass is 9.78. The van der Waals surface area contributed by atoms with Crippen LogP contribution in [0.4, 0.5) is 0 Å². The summed E-state index contributed by atoms with van der Waals surface area (Å²) >= 11 is 6.33. The van der Waals surface area contributed by atoms with Crippen molar-refractivity contribution in [2.75, 3.05) is 7.11 Å². The van der Waals surface area contributed by atoms with Gasteiger partial charge in [0.25, 0.3) is 0 Å². The van der Waals surface area contributed by atoms with Crippen LogP contribution in [-0.2, 0) is 5.54 Å². The summed E-state index contributed by atoms with van der Waals surface area (Å²) in [5, 5.41) is -0.0872. The Morgan fingerprint density at radius 3 is 2.68 bits per heavy atom. The first kappa shape index (κ1) is 12.8. The number of rotatable bonds is 3. The number of halogens is 1. The third-order valence-electron chi connectivity index (χ3n) is 4.21. The second-order valence-corrected chi connectivity index (χ2v) is 6.28. The van der Waals surface area contributed by atoms with Crippen molar-refractivity contribution >= 4 is 22.6 Å². The number of hydrogen-bond donors (Lipinski definition) is 0. The number of alkyl halides is 1. The van der Waals surface area contributed by atoms with Gasteiger partial charge in [0, 0.05) is 11.6 Å². The van der Waals surface area contributed by atoms with Crippen molar-refractivity contribution in [3.63, 3.8) is 0 Å². The summed E-state index contributed by atoms with van der Waals surface area (Å²) in [4.78, 5) is 4.72. The topological polar surface area (TPSA) is 27.1 Å². The standard InChI is InChI=1S/C15H19ClN2O/c1-10(16)14-17-12-9-11(19-3)5-6-13(12)18(14)15(2)7-4-8-15/h5-6,9-10H,4,7-8H2,1-3H3. The van der Waals surface area contributed by atoms with Crippen molar-refractivity contribution in [2.45, 2.75) is 44.0 Å². The van der Waals surface area contributed by atoms with Crippen LogP contribution in [0.5, 0.6) is 5.75 Å². The monoisotopic (exact) mass is 278 g/mol. The first-order valence-electron chi connectivity index (χ1n) is 6.76. The van der Waals surface area contributed by atoms with Crippen molar-refractivity contribution in [1.29, 1.82) is 0 Å². The predicted octanol–water partition coefficient (Wildman–Crippen LogP) is 4.24. The lowest BCUT2D eigenvalue weighted by Crippen LogP contribution is -2.38. The van der Waals surface area contributed by atoms with Gasteiger partial charge in [0.1, 0.15) is 11.6 Å². The average molecular weight is 279 g/mol. The number of methoxy groups -OCH3 is 1. The molecule has 1 aliphatic rings. The average Bonchev–Trinajstić information content (AvgIpc) is 2.74. The molecule has 1 aromatic carbocycles. The molecule has 1 fully saturated rings. The smallest absolute Gasteiger partial charge is 0.128 e. The maximum absolute atomic E-state index is 6.33. The number of ether oxygens (including phenoxy) is 1. The van der Waals surface area contributed by atoms with E-state index in [2.05, 4.69) is 17.6 Å². The maximum Gasteiger partial charge on any atom is 0.128 e. The van der Waals surface area contributed by atoms with Gasteiger partial charge in [-0.3, -0.25) is 0 Å². The zero-order valence-corrected chi connectivity index (χ0v) is 12.4. The lowest BCUT2D eigenvalue weighted by molar-refractivity contribution is 0.169. The molecular formula is C15H19ClN2O. The molecule has 0 amide bonds. The van der Waals surface area contributed by atoms with E-state index in [1.165, 1.54) is 19.3 Å². The van der Waals surface area contributed by atoms with Gasteiger partial charge >= 0.3 is 0 Å². The van der Waals surface area contributed by atoms with Crippen LogP contribution in [0.15, 0.2) is 18.2 Å². The Morgan fingerprint density at radius 2 is 2.16 bits per heavy atom. The Hall–Kier alpha value is -1.22. The van der Waals surface area contributed by atoms with Gasteiger partial charge in [0.05, 0.1) is 23.5 Å². The highest BCUT2D eigenvalue weighted by Gasteiger charge is 2.37. The number of imidazole rings is 1. The molecule has 1 heterocycles. The van der Waals surface area contributed by atoms with E-state index in [1.807, 2.05) is 19.1 Å². The minimum absolute atomic E-state index is 0.0872. The second-order valence-electron chi connectivity index (χ2n) is 5.63. The van der Waals surface area contributed by atoms with Gasteiger partial charge < -0.3 is 9.30 Å². The maximum atomic E-state index is 6.33. The third kappa shape index (κ3) is 1.91. The molecule has 3 nitrogen and oxygen atoms in total. The fraction of sp³-hybridized carbons (Fsp3) is 0.533. The molecule has 0 bridgehead atoms. The highest BCUT2D eigenvalue weighted by Crippen LogP contribution is 2.43. The zero-order chi connectivity index (χ0) is 13.6. The molecule has 102 valence electrons. The van der Waals surface area contributed by atoms with Crippen molar-refractivity contribution in [2.24, 2.45) is 0 Å². The van der Waals surface area contributed by atoms with Gasteiger partial charge in [-0.25, -0.2) is 4.98 Å². The fourth-order valence-electron chi connectivity index (χ4n) is 2.95. The van der Waals surface area contributed by atoms with E-state index in [4.69, 9.17) is 21.3 Å². The zero-order valence-electron chi connectivity index (χ0n) is 11.6. The molecule has 0 saturated heterocycles. The first-order chi connectivity index (χ1) is 9.05. The van der Waals surface area contributed by atoms with Gasteiger partial charge in [0.2, 0.25) is 0 Å². The summed E-state index contributed by atoms with van der Waals surface area (Å²) in [5.41, 5.74) is 2.29. The molecule has 3 rings (SSSR count). The van der Waals surface area contributed by atoms with E-state index >= 15 is 0 Å². The molecule has 1 unspecified atom stereocenters. The van der Waals surface area contributed by atoms with Gasteiger partial charge in [0.15, 0.2) is 0 Å². The Balaban J connectivity index is 2.24. The van der Waals surface area contributed by atoms with Crippen LogP contribution in [0.25, 0.3) is 11.0 Å². The van der Waals surface area contributed by atoms with Crippen LogP contribution in [-0.4, -0.2) is 16.7 Å². The molecule has 4 heteroatoms. The molecule has 0 radical (unpaired) electrons. The highest BCUT2D eigenvalue weighted by molar-refractivity contribution is 6.20. The largest absolute Gasteiger partial charge is 0.497 e. The molecule has 0 spiro atoms. The number of hydrogen-bond acceptors (Lipinski definition) is 2. The van der Waals surface area contributed by atoms with Gasteiger partial charge in [-0.1, -0.05) is 0 Å². The Morgan fingerprint density at radius 1 is 1.42 bits per heavy atom. The van der Waals surface area contributed by atoms with E-state index in [0.29, 0.717) is 0 Å². The summed E-state index contributed by atoms with van der Waals surface area (Å²) in [6.07, 6.45) is 3.67. The quantitative estimate of drug-likeness (QED) is 0.785. The predicted molar refractivity (Wildman–Crippen MR) is 78.1 cm³/mol. The van der Waals surface area contributed by atoms with E-state index in [-0.39, 0.29) is 10.9 Å². The lowest BCUT2D eigenvalue weighted by Gasteiger charge is -2.41. The molecule has 19 heavy (non-hydrogen) atoms. The molecular weight excluding hydrogens is 260 g/mol. The molecule has 1 saturated carbocycles. The Labute approximate surface area is 118 Å². The minimum Gasteiger partial charge on any atom is -0.497 e. The normalized spacial score (nSPS) is 19.2. The summed E-state index contributed by atoms with van der Waals surface area (Å²) in [7, 11) is 1.68. The summed E-state index contributed by atoms with van der Waals surface area (Å²) in [6.45, 7) is 4.28. The summed E-state index contributed by atoms with van der Waals surface area (Å²) in [5.74, 6) is 1.80. The molecule has 0 aliphatic heterocycles. The van der Waals surface area contributed by atoms with Crippen molar-refractivity contribution < 1.29 is 4.74 Å². The SMILES string of the molecule is COc1ccc2c(c1)nc(C(C)Cl)n2C1(C)CCC1. The number of nitrogens with zero attached hydrogens (tertiary/aromatic N) is 2. The number of fused-ring (bicyclic) bond motifs is 1. The summed E-state index contributed by atoms with van der Waals surface area (Å²) < 4.78 is 7.61. The third-order valence-corrected chi connectivity index (χ3v) is 4.41. The summed E-state index contributed by atoms with van der Waals surface area (Å²) in [6, 6.07) is 6.06. The number of aromatic nitrogens is 2. The van der Waals surface area contributed by atoms with Crippen LogP contribution in [0, 0.1) is 0 Å². The second kappa shape index (κ2) is 4.41. The fourth-order valence-corrected chi connectivity index (χ4v) is 3.10. The molecule has 1 atom stereocenters. The van der Waals surface area contributed by atoms with Crippen molar-refractivity contribution in [3.8, 4) is 5.75 Å². The van der Waals surface area contributed by atoms with Gasteiger partial charge in [-0.05, 0) is 45.2 Å². The van der Waals surface area contributed by atoms with Crippen molar-refractivity contribution in [3.05, 3.63) is 24.0 Å². The number of benzene rings is 1. The van der Waals surface area contributed by atoms with Crippen LogP contribution < -0.4 is 4.74 Å². The molecule has 1 aliphatic carbocycles. The van der Waals surface area contributed by atoms with Gasteiger partial charge in [-0.2, -0.15) is 0 Å². The molecule has 0 N–H and O–H groups in total. The first-order valence-corrected chi connectivity index (χ1v) is 7.20. The van der Waals surface area contributed by atoms with Crippen LogP contribution in [0.2, 0.25) is 0 Å².